The zero-order valence-electron chi connectivity index (χ0n) is 13.4. The van der Waals surface area contributed by atoms with E-state index < -0.39 is 15.9 Å². The van der Waals surface area contributed by atoms with Crippen LogP contribution in [0.4, 0.5) is 0 Å². The Morgan fingerprint density at radius 2 is 1.87 bits per heavy atom. The van der Waals surface area contributed by atoms with Gasteiger partial charge in [-0.15, -0.1) is 0 Å². The average molecular weight is 343 g/mol. The number of nitrogens with one attached hydrogen (secondary N) is 3. The van der Waals surface area contributed by atoms with Crippen LogP contribution in [0.25, 0.3) is 0 Å². The first kappa shape index (κ1) is 18.0. The van der Waals surface area contributed by atoms with Crippen LogP contribution < -0.4 is 15.4 Å². The van der Waals surface area contributed by atoms with Crippen LogP contribution >= 0.6 is 0 Å². The molecule has 0 bridgehead atoms. The molecule has 0 atom stereocenters. The van der Waals surface area contributed by atoms with E-state index in [0.717, 1.165) is 0 Å². The minimum atomic E-state index is -3.66. The second kappa shape index (κ2) is 8.47. The fourth-order valence-electron chi connectivity index (χ4n) is 2.71. The summed E-state index contributed by atoms with van der Waals surface area (Å²) in [5.74, 6) is -0.418. The van der Waals surface area contributed by atoms with E-state index in [1.165, 1.54) is 57.7 Å². The first-order chi connectivity index (χ1) is 11.0. The number of carbonyl (C=O) groups is 1. The molecule has 1 heterocycles. The van der Waals surface area contributed by atoms with Crippen molar-refractivity contribution in [3.8, 4) is 0 Å². The lowest BCUT2D eigenvalue weighted by molar-refractivity contribution is 0.0920. The summed E-state index contributed by atoms with van der Waals surface area (Å²) in [5.41, 5.74) is 0. The molecule has 0 aromatic carbocycles. The molecule has 7 nitrogen and oxygen atoms in total. The highest BCUT2D eigenvalue weighted by Crippen LogP contribution is 2.17. The number of rotatable bonds is 7. The third-order valence-electron chi connectivity index (χ3n) is 4.04. The predicted octanol–water partition coefficient (Wildman–Crippen LogP) is 1.23. The van der Waals surface area contributed by atoms with Crippen molar-refractivity contribution >= 4 is 15.9 Å². The number of carbonyl (C=O) groups excluding carboxylic acids is 1. The molecule has 0 spiro atoms. The van der Waals surface area contributed by atoms with Crippen molar-refractivity contribution in [3.05, 3.63) is 17.9 Å². The Morgan fingerprint density at radius 3 is 2.52 bits per heavy atom. The Hall–Kier alpha value is -1.38. The minimum Gasteiger partial charge on any atom is -0.438 e. The smallest absolute Gasteiger partial charge is 0.287 e. The highest BCUT2D eigenvalue weighted by Gasteiger charge is 2.19. The molecule has 0 saturated heterocycles. The van der Waals surface area contributed by atoms with E-state index in [9.17, 15) is 13.2 Å². The summed E-state index contributed by atoms with van der Waals surface area (Å²) in [6, 6.07) is 3.16. The van der Waals surface area contributed by atoms with E-state index >= 15 is 0 Å². The van der Waals surface area contributed by atoms with Crippen LogP contribution in [-0.2, 0) is 10.0 Å². The third-order valence-corrected chi connectivity index (χ3v) is 5.32. The minimum absolute atomic E-state index is 0.00621. The van der Waals surface area contributed by atoms with Gasteiger partial charge in [0.15, 0.2) is 5.76 Å². The van der Waals surface area contributed by atoms with Crippen LogP contribution in [0.2, 0.25) is 0 Å². The highest BCUT2D eigenvalue weighted by atomic mass is 32.2. The maximum absolute atomic E-state index is 11.9. The maximum atomic E-state index is 11.9. The first-order valence-electron chi connectivity index (χ1n) is 8.08. The monoisotopic (exact) mass is 343 g/mol. The summed E-state index contributed by atoms with van der Waals surface area (Å²) < 4.78 is 30.3. The second-order valence-electron chi connectivity index (χ2n) is 5.72. The molecule has 1 aliphatic carbocycles. The van der Waals surface area contributed by atoms with Gasteiger partial charge < -0.3 is 15.1 Å². The van der Waals surface area contributed by atoms with Gasteiger partial charge in [0.1, 0.15) is 0 Å². The van der Waals surface area contributed by atoms with E-state index in [-0.39, 0.29) is 10.9 Å². The van der Waals surface area contributed by atoms with Gasteiger partial charge in [-0.2, -0.15) is 0 Å². The molecule has 3 N–H and O–H groups in total. The Bertz CT molecular complexity index is 604. The van der Waals surface area contributed by atoms with Crippen LogP contribution in [0, 0.1) is 0 Å². The van der Waals surface area contributed by atoms with E-state index in [0.29, 0.717) is 19.1 Å². The molecule has 1 aromatic rings. The summed E-state index contributed by atoms with van der Waals surface area (Å²) in [6.07, 6.45) is 7.53. The normalized spacial score (nSPS) is 16.9. The van der Waals surface area contributed by atoms with Gasteiger partial charge in [0.05, 0.1) is 0 Å². The number of amides is 1. The van der Waals surface area contributed by atoms with Gasteiger partial charge in [-0.1, -0.05) is 25.7 Å². The summed E-state index contributed by atoms with van der Waals surface area (Å²) in [5, 5.41) is 5.92. The van der Waals surface area contributed by atoms with Crippen molar-refractivity contribution < 1.29 is 17.6 Å². The topological polar surface area (TPSA) is 100 Å². The van der Waals surface area contributed by atoms with Crippen LogP contribution in [0.15, 0.2) is 21.6 Å². The largest absolute Gasteiger partial charge is 0.438 e. The van der Waals surface area contributed by atoms with E-state index in [2.05, 4.69) is 15.4 Å². The predicted molar refractivity (Wildman–Crippen MR) is 86.8 cm³/mol. The van der Waals surface area contributed by atoms with Gasteiger partial charge in [-0.3, -0.25) is 4.79 Å². The molecule has 1 saturated carbocycles. The number of hydrogen-bond donors (Lipinski definition) is 3. The quantitative estimate of drug-likeness (QED) is 0.511. The third kappa shape index (κ3) is 5.33. The first-order valence-corrected chi connectivity index (χ1v) is 9.56. The fourth-order valence-corrected chi connectivity index (χ4v) is 3.36. The molecule has 0 aliphatic heterocycles. The zero-order chi connectivity index (χ0) is 16.7. The molecule has 8 heteroatoms. The van der Waals surface area contributed by atoms with E-state index in [1.54, 1.807) is 0 Å². The number of hydrogen-bond acceptors (Lipinski definition) is 5. The van der Waals surface area contributed by atoms with Gasteiger partial charge in [0, 0.05) is 19.1 Å². The van der Waals surface area contributed by atoms with Gasteiger partial charge in [-0.25, -0.2) is 13.1 Å². The molecule has 130 valence electrons. The van der Waals surface area contributed by atoms with Gasteiger partial charge in [-0.05, 0) is 32.0 Å². The number of furan rings is 1. The van der Waals surface area contributed by atoms with Crippen LogP contribution in [-0.4, -0.2) is 40.5 Å². The number of sulfonamides is 1. The van der Waals surface area contributed by atoms with Crippen molar-refractivity contribution in [1.29, 1.82) is 0 Å². The van der Waals surface area contributed by atoms with E-state index in [4.69, 9.17) is 4.42 Å². The van der Waals surface area contributed by atoms with Gasteiger partial charge >= 0.3 is 0 Å². The molecule has 2 rings (SSSR count). The summed E-state index contributed by atoms with van der Waals surface area (Å²) in [7, 11) is -2.37. The standard InChI is InChI=1S/C15H25N3O4S/c1-16-23(20,21)14-9-8-13(22-14)15(19)18-11-10-17-12-6-4-2-3-5-7-12/h8-9,12,16-17H,2-7,10-11H2,1H3,(H,18,19). The van der Waals surface area contributed by atoms with Crippen molar-refractivity contribution in [1.82, 2.24) is 15.4 Å². The van der Waals surface area contributed by atoms with Crippen molar-refractivity contribution in [2.24, 2.45) is 0 Å². The van der Waals surface area contributed by atoms with Gasteiger partial charge in [0.2, 0.25) is 5.09 Å². The van der Waals surface area contributed by atoms with Crippen molar-refractivity contribution in [3.63, 3.8) is 0 Å². The highest BCUT2D eigenvalue weighted by molar-refractivity contribution is 7.89. The molecular weight excluding hydrogens is 318 g/mol. The second-order valence-corrected chi connectivity index (χ2v) is 7.54. The van der Waals surface area contributed by atoms with Crippen molar-refractivity contribution in [2.75, 3.05) is 20.1 Å². The van der Waals surface area contributed by atoms with Crippen molar-refractivity contribution in [2.45, 2.75) is 49.7 Å². The van der Waals surface area contributed by atoms with E-state index in [1.807, 2.05) is 0 Å². The molecule has 1 fully saturated rings. The molecule has 0 unspecified atom stereocenters. The lowest BCUT2D eigenvalue weighted by Crippen LogP contribution is -2.36. The molecule has 0 radical (unpaired) electrons. The molecule has 1 aromatic heterocycles. The van der Waals surface area contributed by atoms with Crippen LogP contribution in [0.5, 0.6) is 0 Å². The fraction of sp³-hybridized carbons (Fsp3) is 0.667. The lowest BCUT2D eigenvalue weighted by Gasteiger charge is -2.16. The zero-order valence-corrected chi connectivity index (χ0v) is 14.2. The molecule has 1 amide bonds. The lowest BCUT2D eigenvalue weighted by atomic mass is 10.1. The Balaban J connectivity index is 1.74. The maximum Gasteiger partial charge on any atom is 0.287 e. The average Bonchev–Trinajstić information content (AvgIpc) is 2.91. The molecule has 23 heavy (non-hydrogen) atoms. The summed E-state index contributed by atoms with van der Waals surface area (Å²) in [6.45, 7) is 1.17. The Kier molecular flexibility index (Phi) is 6.61. The Labute approximate surface area is 137 Å². The SMILES string of the molecule is CNS(=O)(=O)c1ccc(C(=O)NCCNC2CCCCCC2)o1. The summed E-state index contributed by atoms with van der Waals surface area (Å²) >= 11 is 0. The van der Waals surface area contributed by atoms with Crippen LogP contribution in [0.3, 0.4) is 0 Å². The summed E-state index contributed by atoms with van der Waals surface area (Å²) in [4.78, 5) is 11.9. The van der Waals surface area contributed by atoms with Crippen LogP contribution in [0.1, 0.15) is 49.1 Å². The molecular formula is C15H25N3O4S. The Morgan fingerprint density at radius 1 is 1.17 bits per heavy atom. The van der Waals surface area contributed by atoms with Gasteiger partial charge in [0.25, 0.3) is 15.9 Å². The molecule has 1 aliphatic rings.